The Morgan fingerprint density at radius 3 is 3.00 bits per heavy atom. The molecule has 0 aromatic carbocycles. The first-order valence-electron chi connectivity index (χ1n) is 3.71. The first-order chi connectivity index (χ1) is 6.22. The van der Waals surface area contributed by atoms with Crippen LogP contribution in [0.5, 0.6) is 0 Å². The fourth-order valence-electron chi connectivity index (χ4n) is 0.654. The van der Waals surface area contributed by atoms with Crippen molar-refractivity contribution in [3.05, 3.63) is 0 Å². The lowest BCUT2D eigenvalue weighted by Crippen LogP contribution is -2.24. The molecule has 1 aromatic rings. The Balaban J connectivity index is 2.30. The average Bonchev–Trinajstić information content (AvgIpc) is 2.49. The maximum absolute atomic E-state index is 11.0. The van der Waals surface area contributed by atoms with Gasteiger partial charge in [0.1, 0.15) is 0 Å². The molecule has 1 amide bonds. The number of carbonyl (C=O) groups excluding carboxylic acids is 1. The number of nitrogen functional groups attached to an aromatic ring is 1. The second-order valence-corrected chi connectivity index (χ2v) is 4.38. The zero-order valence-corrected chi connectivity index (χ0v) is 8.74. The van der Waals surface area contributed by atoms with Gasteiger partial charge in [0.05, 0.1) is 5.75 Å². The molecule has 1 aromatic heterocycles. The van der Waals surface area contributed by atoms with Crippen LogP contribution in [0.1, 0.15) is 6.92 Å². The van der Waals surface area contributed by atoms with E-state index in [-0.39, 0.29) is 5.91 Å². The van der Waals surface area contributed by atoms with Crippen molar-refractivity contribution in [2.75, 3.05) is 18.0 Å². The summed E-state index contributed by atoms with van der Waals surface area (Å²) in [4.78, 5) is 11.0. The van der Waals surface area contributed by atoms with Crippen LogP contribution in [0.25, 0.3) is 0 Å². The van der Waals surface area contributed by atoms with Crippen molar-refractivity contribution >= 4 is 34.1 Å². The molecule has 0 unspecified atom stereocenters. The van der Waals surface area contributed by atoms with Gasteiger partial charge in [-0.1, -0.05) is 23.1 Å². The molecule has 3 N–H and O–H groups in total. The van der Waals surface area contributed by atoms with Crippen molar-refractivity contribution in [3.8, 4) is 0 Å². The number of hydrogen-bond acceptors (Lipinski definition) is 6. The summed E-state index contributed by atoms with van der Waals surface area (Å²) in [6, 6.07) is 0. The number of rotatable bonds is 4. The van der Waals surface area contributed by atoms with E-state index < -0.39 is 0 Å². The normalized spacial score (nSPS) is 9.92. The van der Waals surface area contributed by atoms with Crippen molar-refractivity contribution in [1.82, 2.24) is 15.5 Å². The van der Waals surface area contributed by atoms with Crippen molar-refractivity contribution in [3.63, 3.8) is 0 Å². The Hall–Kier alpha value is -0.820. The molecule has 13 heavy (non-hydrogen) atoms. The Morgan fingerprint density at radius 1 is 1.69 bits per heavy atom. The molecule has 0 aliphatic heterocycles. The molecule has 7 heteroatoms. The summed E-state index contributed by atoms with van der Waals surface area (Å²) >= 11 is 2.63. The highest BCUT2D eigenvalue weighted by Gasteiger charge is 2.05. The summed E-state index contributed by atoms with van der Waals surface area (Å²) in [5, 5.41) is 10.5. The van der Waals surface area contributed by atoms with E-state index in [0.717, 1.165) is 4.34 Å². The van der Waals surface area contributed by atoms with E-state index in [1.54, 1.807) is 0 Å². The van der Waals surface area contributed by atoms with Gasteiger partial charge in [-0.25, -0.2) is 0 Å². The van der Waals surface area contributed by atoms with Crippen LogP contribution in [0, 0.1) is 0 Å². The molecule has 0 spiro atoms. The number of carbonyl (C=O) groups is 1. The second-order valence-electron chi connectivity index (χ2n) is 2.15. The molecule has 0 radical (unpaired) electrons. The molecular weight excluding hydrogens is 208 g/mol. The summed E-state index contributed by atoms with van der Waals surface area (Å²) in [5.74, 6) is 0.365. The molecule has 1 rings (SSSR count). The fourth-order valence-corrected chi connectivity index (χ4v) is 2.12. The van der Waals surface area contributed by atoms with Crippen LogP contribution >= 0.6 is 23.1 Å². The predicted molar refractivity (Wildman–Crippen MR) is 53.7 cm³/mol. The van der Waals surface area contributed by atoms with Crippen LogP contribution in [0.3, 0.4) is 0 Å². The second kappa shape index (κ2) is 5.03. The standard InChI is InChI=1S/C6H10N4OS2/c1-2-8-4(11)3-12-6-10-9-5(7)13-6/h2-3H2,1H3,(H2,7,9)(H,8,11). The Labute approximate surface area is 84.1 Å². The van der Waals surface area contributed by atoms with E-state index in [1.807, 2.05) is 6.92 Å². The quantitative estimate of drug-likeness (QED) is 0.713. The summed E-state index contributed by atoms with van der Waals surface area (Å²) in [7, 11) is 0. The van der Waals surface area contributed by atoms with E-state index in [4.69, 9.17) is 5.73 Å². The van der Waals surface area contributed by atoms with Crippen LogP contribution in [0.4, 0.5) is 5.13 Å². The third-order valence-corrected chi connectivity index (χ3v) is 3.01. The summed E-state index contributed by atoms with van der Waals surface area (Å²) in [6.45, 7) is 2.53. The van der Waals surface area contributed by atoms with Crippen LogP contribution < -0.4 is 11.1 Å². The Morgan fingerprint density at radius 2 is 2.46 bits per heavy atom. The van der Waals surface area contributed by atoms with E-state index in [9.17, 15) is 4.79 Å². The van der Waals surface area contributed by atoms with Crippen molar-refractivity contribution in [2.45, 2.75) is 11.3 Å². The molecule has 0 fully saturated rings. The lowest BCUT2D eigenvalue weighted by atomic mass is 10.6. The van der Waals surface area contributed by atoms with Crippen LogP contribution in [-0.2, 0) is 4.79 Å². The van der Waals surface area contributed by atoms with E-state index in [2.05, 4.69) is 15.5 Å². The zero-order valence-electron chi connectivity index (χ0n) is 7.11. The summed E-state index contributed by atoms with van der Waals surface area (Å²) in [5.41, 5.74) is 5.37. The van der Waals surface area contributed by atoms with Gasteiger partial charge in [-0.15, -0.1) is 10.2 Å². The smallest absolute Gasteiger partial charge is 0.230 e. The largest absolute Gasteiger partial charge is 0.374 e. The third kappa shape index (κ3) is 3.60. The van der Waals surface area contributed by atoms with E-state index >= 15 is 0 Å². The molecule has 0 bridgehead atoms. The minimum Gasteiger partial charge on any atom is -0.374 e. The Kier molecular flexibility index (Phi) is 3.97. The van der Waals surface area contributed by atoms with E-state index in [0.29, 0.717) is 17.4 Å². The highest BCUT2D eigenvalue weighted by Crippen LogP contribution is 2.22. The van der Waals surface area contributed by atoms with Gasteiger partial charge in [0.2, 0.25) is 11.0 Å². The first kappa shape index (κ1) is 10.3. The maximum Gasteiger partial charge on any atom is 0.230 e. The SMILES string of the molecule is CCNC(=O)CSc1nnc(N)s1. The number of hydrogen-bond donors (Lipinski definition) is 2. The summed E-state index contributed by atoms with van der Waals surface area (Å²) in [6.07, 6.45) is 0. The lowest BCUT2D eigenvalue weighted by molar-refractivity contribution is -0.118. The van der Waals surface area contributed by atoms with Crippen molar-refractivity contribution in [2.24, 2.45) is 0 Å². The van der Waals surface area contributed by atoms with Gasteiger partial charge >= 0.3 is 0 Å². The van der Waals surface area contributed by atoms with Gasteiger partial charge in [-0.3, -0.25) is 4.79 Å². The molecule has 0 aliphatic rings. The number of nitrogens with two attached hydrogens (primary N) is 1. The van der Waals surface area contributed by atoms with Crippen LogP contribution in [-0.4, -0.2) is 28.4 Å². The summed E-state index contributed by atoms with van der Waals surface area (Å²) < 4.78 is 0.726. The van der Waals surface area contributed by atoms with Gasteiger partial charge in [-0.05, 0) is 6.92 Å². The zero-order chi connectivity index (χ0) is 9.68. The molecule has 1 heterocycles. The third-order valence-electron chi connectivity index (χ3n) is 1.12. The molecule has 0 saturated heterocycles. The molecular formula is C6H10N4OS2. The number of amides is 1. The number of nitrogens with one attached hydrogen (secondary N) is 1. The molecule has 0 saturated carbocycles. The maximum atomic E-state index is 11.0. The number of nitrogens with zero attached hydrogens (tertiary/aromatic N) is 2. The minimum absolute atomic E-state index is 0.00118. The molecule has 5 nitrogen and oxygen atoms in total. The Bertz CT molecular complexity index is 288. The van der Waals surface area contributed by atoms with Crippen molar-refractivity contribution < 1.29 is 4.79 Å². The molecule has 0 atom stereocenters. The highest BCUT2D eigenvalue weighted by atomic mass is 32.2. The molecule has 0 aliphatic carbocycles. The van der Waals surface area contributed by atoms with Gasteiger partial charge in [0.15, 0.2) is 4.34 Å². The minimum atomic E-state index is 0.00118. The molecule has 72 valence electrons. The van der Waals surface area contributed by atoms with Gasteiger partial charge < -0.3 is 11.1 Å². The first-order valence-corrected chi connectivity index (χ1v) is 5.51. The fraction of sp³-hybridized carbons (Fsp3) is 0.500. The highest BCUT2D eigenvalue weighted by molar-refractivity contribution is 8.01. The van der Waals surface area contributed by atoms with E-state index in [1.165, 1.54) is 23.1 Å². The average molecular weight is 218 g/mol. The topological polar surface area (TPSA) is 80.9 Å². The van der Waals surface area contributed by atoms with Crippen molar-refractivity contribution in [1.29, 1.82) is 0 Å². The van der Waals surface area contributed by atoms with Gasteiger partial charge in [0.25, 0.3) is 0 Å². The van der Waals surface area contributed by atoms with Gasteiger partial charge in [0, 0.05) is 6.54 Å². The van der Waals surface area contributed by atoms with Crippen LogP contribution in [0.2, 0.25) is 0 Å². The lowest BCUT2D eigenvalue weighted by Gasteiger charge is -1.98. The number of thioether (sulfide) groups is 1. The monoisotopic (exact) mass is 218 g/mol. The number of anilines is 1. The number of aromatic nitrogens is 2. The van der Waals surface area contributed by atoms with Gasteiger partial charge in [-0.2, -0.15) is 0 Å². The van der Waals surface area contributed by atoms with Crippen LogP contribution in [0.15, 0.2) is 4.34 Å². The predicted octanol–water partition coefficient (Wildman–Crippen LogP) is 0.348.